The quantitative estimate of drug-likeness (QED) is 0.572. The van der Waals surface area contributed by atoms with E-state index in [2.05, 4.69) is 32.9 Å². The van der Waals surface area contributed by atoms with Crippen LogP contribution in [0.3, 0.4) is 0 Å². The summed E-state index contributed by atoms with van der Waals surface area (Å²) in [7, 11) is 2.04. The predicted octanol–water partition coefficient (Wildman–Crippen LogP) is 1.28. The van der Waals surface area contributed by atoms with Crippen LogP contribution in [0.15, 0.2) is 8.68 Å². The van der Waals surface area contributed by atoms with Gasteiger partial charge >= 0.3 is 5.97 Å². The lowest BCUT2D eigenvalue weighted by molar-refractivity contribution is -0.149. The first kappa shape index (κ1) is 18.4. The van der Waals surface area contributed by atoms with Crippen molar-refractivity contribution in [2.75, 3.05) is 26.5 Å². The lowest BCUT2D eigenvalue weighted by Crippen LogP contribution is -2.58. The second-order valence-electron chi connectivity index (χ2n) is 5.94. The molecule has 0 aromatic carbocycles. The van der Waals surface area contributed by atoms with E-state index in [1.54, 1.807) is 34.9 Å². The van der Waals surface area contributed by atoms with Gasteiger partial charge in [-0.05, 0) is 20.1 Å². The van der Waals surface area contributed by atoms with Crippen LogP contribution in [0.4, 0.5) is 0 Å². The van der Waals surface area contributed by atoms with Crippen molar-refractivity contribution >= 4 is 40.8 Å². The summed E-state index contributed by atoms with van der Waals surface area (Å²) in [5.74, 6) is -0.0318. The molecule has 0 aliphatic carbocycles. The maximum absolute atomic E-state index is 12.5. The molecule has 2 fully saturated rings. The minimum absolute atomic E-state index is 0.102. The fraction of sp³-hybridized carbons (Fsp3) is 0.786. The molecule has 0 radical (unpaired) electrons. The summed E-state index contributed by atoms with van der Waals surface area (Å²) in [6.07, 6.45) is 2.20. The molecule has 5 unspecified atom stereocenters. The summed E-state index contributed by atoms with van der Waals surface area (Å²) >= 11 is 4.85. The van der Waals surface area contributed by atoms with Gasteiger partial charge in [0.15, 0.2) is 8.68 Å². The van der Waals surface area contributed by atoms with Gasteiger partial charge in [-0.15, -0.1) is 10.2 Å². The van der Waals surface area contributed by atoms with Gasteiger partial charge in [-0.25, -0.2) is 5.01 Å². The van der Waals surface area contributed by atoms with Crippen LogP contribution in [0.25, 0.3) is 0 Å². The molecule has 1 aromatic rings. The molecule has 10 heteroatoms. The first-order chi connectivity index (χ1) is 11.5. The van der Waals surface area contributed by atoms with Crippen molar-refractivity contribution in [1.29, 1.82) is 0 Å². The zero-order chi connectivity index (χ0) is 17.3. The number of rotatable bonds is 5. The molecule has 0 bridgehead atoms. The second-order valence-corrected chi connectivity index (χ2v) is 9.39. The fourth-order valence-electron chi connectivity index (χ4n) is 3.46. The number of ether oxygens (including phenoxy) is 1. The number of piperidine rings is 1. The summed E-state index contributed by atoms with van der Waals surface area (Å²) in [6, 6.07) is 0.273. The molecule has 0 spiro atoms. The molecule has 2 aliphatic heterocycles. The highest BCUT2D eigenvalue weighted by atomic mass is 32.2. The fourth-order valence-corrected chi connectivity index (χ4v) is 6.62. The Morgan fingerprint density at radius 2 is 2.21 bits per heavy atom. The Labute approximate surface area is 154 Å². The van der Waals surface area contributed by atoms with Gasteiger partial charge < -0.3 is 4.74 Å². The molecule has 2 saturated heterocycles. The average molecular weight is 390 g/mol. The Hall–Kier alpha value is -0.390. The normalized spacial score (nSPS) is 33.4. The number of nitrogens with zero attached hydrogens (tertiary/aromatic N) is 3. The number of carbonyl (C=O) groups is 1. The molecule has 134 valence electrons. The second kappa shape index (κ2) is 7.88. The van der Waals surface area contributed by atoms with E-state index in [4.69, 9.17) is 4.74 Å². The summed E-state index contributed by atoms with van der Waals surface area (Å²) in [6.45, 7) is 5.04. The highest BCUT2D eigenvalue weighted by Crippen LogP contribution is 2.43. The monoisotopic (exact) mass is 389 g/mol. The number of hydrogen-bond acceptors (Lipinski definition) is 10. The molecule has 0 amide bonds. The third-order valence-electron chi connectivity index (χ3n) is 4.48. The highest BCUT2D eigenvalue weighted by Gasteiger charge is 2.51. The summed E-state index contributed by atoms with van der Waals surface area (Å²) in [5.41, 5.74) is 3.45. The number of fused-ring (bicyclic) bond motifs is 1. The van der Waals surface area contributed by atoms with Crippen molar-refractivity contribution in [3.8, 4) is 0 Å². The number of nitrogens with one attached hydrogen (secondary N) is 2. The molecule has 0 saturated carbocycles. The Morgan fingerprint density at radius 3 is 2.88 bits per heavy atom. The van der Waals surface area contributed by atoms with Crippen molar-refractivity contribution in [3.63, 3.8) is 0 Å². The number of hydrazine groups is 1. The van der Waals surface area contributed by atoms with Crippen LogP contribution in [0.5, 0.6) is 0 Å². The van der Waals surface area contributed by atoms with Crippen molar-refractivity contribution in [3.05, 3.63) is 0 Å². The number of thioether (sulfide) groups is 2. The van der Waals surface area contributed by atoms with Gasteiger partial charge in [0.1, 0.15) is 0 Å². The van der Waals surface area contributed by atoms with E-state index < -0.39 is 0 Å². The molecule has 2 aliphatic rings. The molecule has 1 aromatic heterocycles. The third kappa shape index (κ3) is 3.58. The van der Waals surface area contributed by atoms with Crippen molar-refractivity contribution in [1.82, 2.24) is 25.9 Å². The predicted molar refractivity (Wildman–Crippen MR) is 97.1 cm³/mol. The average Bonchev–Trinajstić information content (AvgIpc) is 3.12. The van der Waals surface area contributed by atoms with Gasteiger partial charge in [0.2, 0.25) is 0 Å². The van der Waals surface area contributed by atoms with Gasteiger partial charge in [-0.3, -0.25) is 15.5 Å². The van der Waals surface area contributed by atoms with Gasteiger partial charge in [0.25, 0.3) is 0 Å². The van der Waals surface area contributed by atoms with E-state index in [-0.39, 0.29) is 35.3 Å². The minimum atomic E-state index is -0.187. The van der Waals surface area contributed by atoms with Crippen LogP contribution < -0.4 is 10.7 Å². The van der Waals surface area contributed by atoms with E-state index in [1.807, 2.05) is 20.2 Å². The van der Waals surface area contributed by atoms with Crippen LogP contribution in [0, 0.1) is 11.8 Å². The van der Waals surface area contributed by atoms with Crippen molar-refractivity contribution in [2.45, 2.75) is 40.0 Å². The van der Waals surface area contributed by atoms with E-state index in [0.29, 0.717) is 13.2 Å². The third-order valence-corrected chi connectivity index (χ3v) is 7.91. The van der Waals surface area contributed by atoms with Gasteiger partial charge in [0.05, 0.1) is 18.7 Å². The molecular weight excluding hydrogens is 366 g/mol. The number of esters is 1. The van der Waals surface area contributed by atoms with Gasteiger partial charge in [-0.2, -0.15) is 0 Å². The first-order valence-electron chi connectivity index (χ1n) is 7.98. The minimum Gasteiger partial charge on any atom is -0.466 e. The molecule has 7 nitrogen and oxygen atoms in total. The van der Waals surface area contributed by atoms with E-state index in [1.165, 1.54) is 0 Å². The lowest BCUT2D eigenvalue weighted by Gasteiger charge is -2.40. The zero-order valence-electron chi connectivity index (χ0n) is 14.2. The van der Waals surface area contributed by atoms with E-state index in [9.17, 15) is 4.79 Å². The molecule has 5 atom stereocenters. The van der Waals surface area contributed by atoms with Crippen LogP contribution in [-0.4, -0.2) is 65.1 Å². The van der Waals surface area contributed by atoms with Crippen LogP contribution in [0.1, 0.15) is 13.8 Å². The number of carbonyl (C=O) groups excluding carboxylic acids is 1. The maximum atomic E-state index is 12.5. The topological polar surface area (TPSA) is 79.4 Å². The Balaban J connectivity index is 1.85. The number of hydrogen-bond donors (Lipinski definition) is 2. The Bertz CT molecular complexity index is 587. The first-order valence-corrected chi connectivity index (χ1v) is 10.9. The Morgan fingerprint density at radius 1 is 1.46 bits per heavy atom. The van der Waals surface area contributed by atoms with Gasteiger partial charge in [-0.1, -0.05) is 34.9 Å². The summed E-state index contributed by atoms with van der Waals surface area (Å²) < 4.78 is 7.19. The SMILES string of the molecule is CCOC(=O)C1CNC2C(C(C)NN2C)C1Sc1nnc(SC)s1. The molecule has 3 rings (SSSR count). The lowest BCUT2D eigenvalue weighted by atomic mass is 9.84. The molecule has 3 heterocycles. The largest absolute Gasteiger partial charge is 0.466 e. The van der Waals surface area contributed by atoms with E-state index >= 15 is 0 Å². The summed E-state index contributed by atoms with van der Waals surface area (Å²) in [4.78, 5) is 12.5. The molecule has 24 heavy (non-hydrogen) atoms. The molecule has 2 N–H and O–H groups in total. The maximum Gasteiger partial charge on any atom is 0.311 e. The highest BCUT2D eigenvalue weighted by molar-refractivity contribution is 8.03. The van der Waals surface area contributed by atoms with Crippen molar-refractivity contribution in [2.24, 2.45) is 11.8 Å². The van der Waals surface area contributed by atoms with Crippen molar-refractivity contribution < 1.29 is 9.53 Å². The standard InChI is InChI=1S/C14H23N5O2S3/c1-5-21-12(20)8-6-15-11-9(7(2)18-19(11)3)10(8)23-14-17-16-13(22-4)24-14/h7-11,15,18H,5-6H2,1-4H3. The molecular formula is C14H23N5O2S3. The smallest absolute Gasteiger partial charge is 0.311 e. The van der Waals surface area contributed by atoms with Gasteiger partial charge in [0, 0.05) is 30.8 Å². The number of aromatic nitrogens is 2. The van der Waals surface area contributed by atoms with E-state index in [0.717, 1.165) is 8.68 Å². The zero-order valence-corrected chi connectivity index (χ0v) is 16.6. The van der Waals surface area contributed by atoms with Crippen LogP contribution in [-0.2, 0) is 9.53 Å². The Kier molecular flexibility index (Phi) is 6.04. The van der Waals surface area contributed by atoms with Crippen LogP contribution in [0.2, 0.25) is 0 Å². The van der Waals surface area contributed by atoms with Crippen LogP contribution >= 0.6 is 34.9 Å². The summed E-state index contributed by atoms with van der Waals surface area (Å²) in [5, 5.41) is 14.2.